The fraction of sp³-hybridized carbons (Fsp3) is 0.909. The summed E-state index contributed by atoms with van der Waals surface area (Å²) in [7, 11) is 0. The smallest absolute Gasteiger partial charge is 0.310 e. The number of carboxylic acid groups (broad SMARTS) is 1. The fourth-order valence-electron chi connectivity index (χ4n) is 2.17. The van der Waals surface area contributed by atoms with Crippen LogP contribution in [-0.2, 0) is 4.79 Å². The number of hydrogen-bond donors (Lipinski definition) is 2. The van der Waals surface area contributed by atoms with Gasteiger partial charge >= 0.3 is 5.97 Å². The van der Waals surface area contributed by atoms with Crippen LogP contribution in [0.3, 0.4) is 0 Å². The maximum atomic E-state index is 11.2. The molecule has 88 valence electrons. The van der Waals surface area contributed by atoms with Crippen molar-refractivity contribution in [2.45, 2.75) is 45.8 Å². The lowest BCUT2D eigenvalue weighted by atomic mass is 9.84. The number of carbonyl (C=O) groups is 1. The van der Waals surface area contributed by atoms with Gasteiger partial charge in [0.05, 0.1) is 11.5 Å². The van der Waals surface area contributed by atoms with Crippen molar-refractivity contribution in [3.63, 3.8) is 0 Å². The molecule has 0 bridgehead atoms. The van der Waals surface area contributed by atoms with E-state index in [4.69, 9.17) is 0 Å². The second kappa shape index (κ2) is 4.49. The summed E-state index contributed by atoms with van der Waals surface area (Å²) in [5.74, 6) is -0.703. The van der Waals surface area contributed by atoms with Gasteiger partial charge in [0.25, 0.3) is 0 Å². The number of aliphatic hydroxyl groups excluding tert-OH is 1. The van der Waals surface area contributed by atoms with Crippen molar-refractivity contribution >= 4 is 5.97 Å². The lowest BCUT2D eigenvalue weighted by molar-refractivity contribution is -0.148. The molecule has 4 nitrogen and oxygen atoms in total. The Bertz CT molecular complexity index is 242. The van der Waals surface area contributed by atoms with Crippen LogP contribution in [0.5, 0.6) is 0 Å². The van der Waals surface area contributed by atoms with Crippen molar-refractivity contribution in [3.05, 3.63) is 0 Å². The minimum absolute atomic E-state index is 0.0396. The Morgan fingerprint density at radius 1 is 1.53 bits per heavy atom. The van der Waals surface area contributed by atoms with Crippen LogP contribution >= 0.6 is 0 Å². The highest BCUT2D eigenvalue weighted by Crippen LogP contribution is 2.35. The zero-order valence-electron chi connectivity index (χ0n) is 9.73. The van der Waals surface area contributed by atoms with E-state index in [1.807, 2.05) is 13.8 Å². The number of aliphatic carboxylic acids is 1. The first-order valence-electron chi connectivity index (χ1n) is 5.58. The van der Waals surface area contributed by atoms with Gasteiger partial charge in [0.1, 0.15) is 0 Å². The summed E-state index contributed by atoms with van der Waals surface area (Å²) in [4.78, 5) is 13.3. The minimum atomic E-state index is -0.703. The molecule has 1 saturated heterocycles. The molecule has 2 N–H and O–H groups in total. The van der Waals surface area contributed by atoms with Gasteiger partial charge < -0.3 is 10.2 Å². The molecule has 0 aromatic heterocycles. The molecule has 0 saturated carbocycles. The quantitative estimate of drug-likeness (QED) is 0.732. The van der Waals surface area contributed by atoms with Crippen molar-refractivity contribution in [1.82, 2.24) is 4.90 Å². The van der Waals surface area contributed by atoms with E-state index in [-0.39, 0.29) is 6.04 Å². The van der Waals surface area contributed by atoms with Gasteiger partial charge in [-0.25, -0.2) is 0 Å². The molecule has 0 aromatic rings. The summed E-state index contributed by atoms with van der Waals surface area (Å²) < 4.78 is 0. The second-order valence-electron chi connectivity index (χ2n) is 4.64. The molecular weight excluding hydrogens is 194 g/mol. The van der Waals surface area contributed by atoms with E-state index in [1.54, 1.807) is 6.92 Å². The molecule has 1 fully saturated rings. The molecule has 4 heteroatoms. The van der Waals surface area contributed by atoms with Gasteiger partial charge in [0.2, 0.25) is 0 Å². The molecule has 0 aliphatic carbocycles. The number of nitrogens with zero attached hydrogens (tertiary/aromatic N) is 1. The number of carboxylic acids is 1. The second-order valence-corrected chi connectivity index (χ2v) is 4.64. The van der Waals surface area contributed by atoms with E-state index in [2.05, 4.69) is 4.90 Å². The number of hydrogen-bond acceptors (Lipinski definition) is 3. The van der Waals surface area contributed by atoms with Crippen LogP contribution in [0.25, 0.3) is 0 Å². The zero-order chi connectivity index (χ0) is 11.6. The highest BCUT2D eigenvalue weighted by atomic mass is 16.4. The standard InChI is InChI=1S/C11H21NO3/c1-4-11(10(14)15)5-6-12(7-11)8(2)9(3)13/h8-9,13H,4-7H2,1-3H3,(H,14,15). The third kappa shape index (κ3) is 2.32. The molecule has 1 heterocycles. The zero-order valence-corrected chi connectivity index (χ0v) is 9.73. The van der Waals surface area contributed by atoms with Crippen molar-refractivity contribution in [2.24, 2.45) is 5.41 Å². The van der Waals surface area contributed by atoms with Crippen LogP contribution in [0, 0.1) is 5.41 Å². The highest BCUT2D eigenvalue weighted by molar-refractivity contribution is 5.75. The van der Waals surface area contributed by atoms with Crippen molar-refractivity contribution < 1.29 is 15.0 Å². The predicted octanol–water partition coefficient (Wildman–Crippen LogP) is 0.942. The molecule has 1 aliphatic heterocycles. The Morgan fingerprint density at radius 2 is 2.13 bits per heavy atom. The van der Waals surface area contributed by atoms with Crippen LogP contribution in [0.1, 0.15) is 33.6 Å². The van der Waals surface area contributed by atoms with Crippen molar-refractivity contribution in [3.8, 4) is 0 Å². The Kier molecular flexibility index (Phi) is 3.73. The summed E-state index contributed by atoms with van der Waals surface area (Å²) in [6.07, 6.45) is 0.938. The molecule has 0 amide bonds. The average Bonchev–Trinajstić information content (AvgIpc) is 2.61. The Morgan fingerprint density at radius 3 is 2.47 bits per heavy atom. The van der Waals surface area contributed by atoms with Crippen molar-refractivity contribution in [2.75, 3.05) is 13.1 Å². The monoisotopic (exact) mass is 215 g/mol. The third-order valence-corrected chi connectivity index (χ3v) is 3.79. The van der Waals surface area contributed by atoms with Crippen molar-refractivity contribution in [1.29, 1.82) is 0 Å². The Balaban J connectivity index is 2.69. The Hall–Kier alpha value is -0.610. The van der Waals surface area contributed by atoms with Gasteiger partial charge in [0.15, 0.2) is 0 Å². The van der Waals surface area contributed by atoms with Crippen LogP contribution in [0.4, 0.5) is 0 Å². The molecule has 1 aliphatic rings. The molecule has 1 rings (SSSR count). The van der Waals surface area contributed by atoms with Gasteiger partial charge in [0, 0.05) is 12.6 Å². The van der Waals surface area contributed by atoms with E-state index in [9.17, 15) is 15.0 Å². The first-order valence-corrected chi connectivity index (χ1v) is 5.58. The molecular formula is C11H21NO3. The first kappa shape index (κ1) is 12.5. The van der Waals surface area contributed by atoms with E-state index in [0.29, 0.717) is 19.4 Å². The van der Waals surface area contributed by atoms with Crippen LogP contribution in [-0.4, -0.2) is 46.3 Å². The van der Waals surface area contributed by atoms with Crippen LogP contribution < -0.4 is 0 Å². The molecule has 0 aromatic carbocycles. The van der Waals surface area contributed by atoms with Gasteiger partial charge in [-0.05, 0) is 33.2 Å². The fourth-order valence-corrected chi connectivity index (χ4v) is 2.17. The summed E-state index contributed by atoms with van der Waals surface area (Å²) in [6.45, 7) is 6.94. The molecule has 0 spiro atoms. The maximum Gasteiger partial charge on any atom is 0.310 e. The van der Waals surface area contributed by atoms with Crippen LogP contribution in [0.2, 0.25) is 0 Å². The van der Waals surface area contributed by atoms with E-state index in [1.165, 1.54) is 0 Å². The number of aliphatic hydroxyl groups is 1. The largest absolute Gasteiger partial charge is 0.481 e. The van der Waals surface area contributed by atoms with Gasteiger partial charge in [-0.3, -0.25) is 9.69 Å². The SMILES string of the molecule is CCC1(C(=O)O)CCN(C(C)C(C)O)C1. The van der Waals surface area contributed by atoms with E-state index in [0.717, 1.165) is 6.54 Å². The maximum absolute atomic E-state index is 11.2. The van der Waals surface area contributed by atoms with Crippen LogP contribution in [0.15, 0.2) is 0 Å². The minimum Gasteiger partial charge on any atom is -0.481 e. The summed E-state index contributed by atoms with van der Waals surface area (Å²) >= 11 is 0. The topological polar surface area (TPSA) is 60.8 Å². The molecule has 3 atom stereocenters. The lowest BCUT2D eigenvalue weighted by Crippen LogP contribution is -2.41. The van der Waals surface area contributed by atoms with E-state index < -0.39 is 17.5 Å². The van der Waals surface area contributed by atoms with Gasteiger partial charge in [-0.15, -0.1) is 0 Å². The number of rotatable bonds is 4. The summed E-state index contributed by atoms with van der Waals surface area (Å²) in [5, 5.41) is 18.7. The summed E-state index contributed by atoms with van der Waals surface area (Å²) in [5.41, 5.74) is -0.594. The third-order valence-electron chi connectivity index (χ3n) is 3.79. The van der Waals surface area contributed by atoms with Gasteiger partial charge in [-0.2, -0.15) is 0 Å². The lowest BCUT2D eigenvalue weighted by Gasteiger charge is -2.28. The molecule has 3 unspecified atom stereocenters. The highest BCUT2D eigenvalue weighted by Gasteiger charge is 2.44. The van der Waals surface area contributed by atoms with E-state index >= 15 is 0 Å². The first-order chi connectivity index (χ1) is 6.93. The molecule has 15 heavy (non-hydrogen) atoms. The number of likely N-dealkylation sites (tertiary alicyclic amines) is 1. The molecule has 0 radical (unpaired) electrons. The summed E-state index contributed by atoms with van der Waals surface area (Å²) in [6, 6.07) is 0.0396. The Labute approximate surface area is 90.9 Å². The average molecular weight is 215 g/mol. The normalized spacial score (nSPS) is 31.5. The predicted molar refractivity (Wildman–Crippen MR) is 57.7 cm³/mol. The van der Waals surface area contributed by atoms with Gasteiger partial charge in [-0.1, -0.05) is 6.92 Å².